The maximum Gasteiger partial charge on any atom is 0.317 e. The van der Waals surface area contributed by atoms with E-state index >= 15 is 0 Å². The Kier molecular flexibility index (Phi) is 6.16. The molecule has 126 valence electrons. The van der Waals surface area contributed by atoms with Crippen molar-refractivity contribution in [2.45, 2.75) is 50.4 Å². The first-order valence-corrected chi connectivity index (χ1v) is 7.97. The van der Waals surface area contributed by atoms with E-state index in [2.05, 4.69) is 0 Å². The summed E-state index contributed by atoms with van der Waals surface area (Å²) < 4.78 is 5.62. The first kappa shape index (κ1) is 17.2. The van der Waals surface area contributed by atoms with E-state index in [-0.39, 0.29) is 31.1 Å². The maximum atomic E-state index is 12.2. The molecule has 2 saturated heterocycles. The van der Waals surface area contributed by atoms with Gasteiger partial charge in [-0.3, -0.25) is 14.5 Å². The van der Waals surface area contributed by atoms with Gasteiger partial charge < -0.3 is 19.8 Å². The molecule has 0 aliphatic carbocycles. The van der Waals surface area contributed by atoms with Crippen LogP contribution in [0.15, 0.2) is 0 Å². The van der Waals surface area contributed by atoms with E-state index in [0.717, 1.165) is 32.3 Å². The van der Waals surface area contributed by atoms with Gasteiger partial charge in [0.15, 0.2) is 0 Å². The lowest BCUT2D eigenvalue weighted by Crippen LogP contribution is -2.43. The van der Waals surface area contributed by atoms with Crippen molar-refractivity contribution in [2.24, 2.45) is 0 Å². The lowest BCUT2D eigenvalue weighted by atomic mass is 10.0. The number of nitrogens with zero attached hydrogens (tertiary/aromatic N) is 2. The van der Waals surface area contributed by atoms with Gasteiger partial charge in [0.05, 0.1) is 24.8 Å². The summed E-state index contributed by atoms with van der Waals surface area (Å²) in [6.45, 7) is 1.30. The average Bonchev–Trinajstić information content (AvgIpc) is 2.87. The Morgan fingerprint density at radius 3 is 2.73 bits per heavy atom. The van der Waals surface area contributed by atoms with Crippen molar-refractivity contribution in [3.63, 3.8) is 0 Å². The van der Waals surface area contributed by atoms with E-state index in [4.69, 9.17) is 9.84 Å². The topological polar surface area (TPSA) is 90.3 Å². The second-order valence-electron chi connectivity index (χ2n) is 6.27. The highest BCUT2D eigenvalue weighted by atomic mass is 16.5. The third-order valence-electron chi connectivity index (χ3n) is 4.52. The van der Waals surface area contributed by atoms with Crippen LogP contribution in [-0.4, -0.2) is 83.4 Å². The number of aliphatic hydroxyl groups excluding tert-OH is 1. The molecule has 2 aliphatic heterocycles. The van der Waals surface area contributed by atoms with Crippen LogP contribution >= 0.6 is 0 Å². The van der Waals surface area contributed by atoms with E-state index in [9.17, 15) is 14.7 Å². The van der Waals surface area contributed by atoms with Crippen LogP contribution in [0.2, 0.25) is 0 Å². The van der Waals surface area contributed by atoms with Gasteiger partial charge in [-0.1, -0.05) is 0 Å². The molecule has 1 amide bonds. The molecular formula is C15H26N2O5. The number of carboxylic acid groups (broad SMARTS) is 1. The summed E-state index contributed by atoms with van der Waals surface area (Å²) in [4.78, 5) is 26.2. The third kappa shape index (κ3) is 4.66. The summed E-state index contributed by atoms with van der Waals surface area (Å²) in [5.74, 6) is -0.923. The van der Waals surface area contributed by atoms with Crippen LogP contribution in [0.3, 0.4) is 0 Å². The van der Waals surface area contributed by atoms with Gasteiger partial charge in [-0.2, -0.15) is 0 Å². The number of likely N-dealkylation sites (N-methyl/N-ethyl adjacent to an activating group) is 1. The minimum absolute atomic E-state index is 0.0134. The minimum Gasteiger partial charge on any atom is -0.480 e. The van der Waals surface area contributed by atoms with Gasteiger partial charge >= 0.3 is 5.97 Å². The van der Waals surface area contributed by atoms with Gasteiger partial charge in [0.1, 0.15) is 0 Å². The molecule has 2 aliphatic rings. The van der Waals surface area contributed by atoms with Crippen molar-refractivity contribution in [2.75, 3.05) is 33.3 Å². The number of rotatable bonds is 6. The smallest absolute Gasteiger partial charge is 0.317 e. The van der Waals surface area contributed by atoms with Gasteiger partial charge in [-0.25, -0.2) is 0 Å². The summed E-state index contributed by atoms with van der Waals surface area (Å²) in [7, 11) is 1.66. The molecule has 3 atom stereocenters. The predicted octanol–water partition coefficient (Wildman–Crippen LogP) is -0.0762. The molecule has 7 nitrogen and oxygen atoms in total. The minimum atomic E-state index is -0.936. The molecule has 2 fully saturated rings. The molecule has 0 radical (unpaired) electrons. The zero-order valence-electron chi connectivity index (χ0n) is 13.1. The van der Waals surface area contributed by atoms with E-state index < -0.39 is 12.1 Å². The fourth-order valence-electron chi connectivity index (χ4n) is 3.21. The Bertz CT molecular complexity index is 397. The lowest BCUT2D eigenvalue weighted by molar-refractivity contribution is -0.138. The molecule has 0 aromatic carbocycles. The van der Waals surface area contributed by atoms with E-state index in [1.54, 1.807) is 16.8 Å². The fourth-order valence-corrected chi connectivity index (χ4v) is 3.21. The normalized spacial score (nSPS) is 29.0. The van der Waals surface area contributed by atoms with Gasteiger partial charge in [0.2, 0.25) is 5.91 Å². The van der Waals surface area contributed by atoms with Crippen LogP contribution in [0.5, 0.6) is 0 Å². The van der Waals surface area contributed by atoms with Crippen LogP contribution in [0, 0.1) is 0 Å². The molecule has 0 aromatic rings. The van der Waals surface area contributed by atoms with E-state index in [0.29, 0.717) is 13.0 Å². The second-order valence-corrected chi connectivity index (χ2v) is 6.27. The number of amides is 1. The van der Waals surface area contributed by atoms with Gasteiger partial charge in [0.25, 0.3) is 0 Å². The fraction of sp³-hybridized carbons (Fsp3) is 0.867. The van der Waals surface area contributed by atoms with E-state index in [1.165, 1.54) is 0 Å². The zero-order chi connectivity index (χ0) is 16.1. The number of carbonyl (C=O) groups excluding carboxylic acids is 1. The standard InChI is InChI=1S/C15H26N2O5/c1-16(10-15(20)21)12-8-17(9-13(12)18)14(19)6-5-11-4-2-3-7-22-11/h11-13,18H,2-10H2,1H3,(H,20,21)/t11-,12+,13-/m1/s1. The third-order valence-corrected chi connectivity index (χ3v) is 4.52. The molecular weight excluding hydrogens is 288 g/mol. The van der Waals surface area contributed by atoms with Crippen molar-refractivity contribution < 1.29 is 24.5 Å². The Morgan fingerprint density at radius 1 is 1.32 bits per heavy atom. The van der Waals surface area contributed by atoms with Crippen LogP contribution in [-0.2, 0) is 14.3 Å². The second kappa shape index (κ2) is 7.89. The molecule has 2 N–H and O–H groups in total. The summed E-state index contributed by atoms with van der Waals surface area (Å²) in [5.41, 5.74) is 0. The van der Waals surface area contributed by atoms with Crippen molar-refractivity contribution in [3.8, 4) is 0 Å². The highest BCUT2D eigenvalue weighted by molar-refractivity contribution is 5.76. The molecule has 0 bridgehead atoms. The first-order valence-electron chi connectivity index (χ1n) is 7.97. The number of β-amino-alcohol motifs (C(OH)–C–C–N with tert-alkyl or cyclic N) is 1. The maximum absolute atomic E-state index is 12.2. The molecule has 0 unspecified atom stereocenters. The summed E-state index contributed by atoms with van der Waals surface area (Å²) >= 11 is 0. The average molecular weight is 314 g/mol. The number of aliphatic hydroxyl groups is 1. The van der Waals surface area contributed by atoms with Crippen LogP contribution in [0.25, 0.3) is 0 Å². The number of carbonyl (C=O) groups is 2. The number of hydrogen-bond acceptors (Lipinski definition) is 5. The first-order chi connectivity index (χ1) is 10.5. The van der Waals surface area contributed by atoms with Crippen LogP contribution < -0.4 is 0 Å². The van der Waals surface area contributed by atoms with Crippen molar-refractivity contribution in [1.29, 1.82) is 0 Å². The molecule has 0 spiro atoms. The Labute approximate surface area is 130 Å². The van der Waals surface area contributed by atoms with Crippen molar-refractivity contribution in [3.05, 3.63) is 0 Å². The molecule has 0 aromatic heterocycles. The van der Waals surface area contributed by atoms with Crippen LogP contribution in [0.4, 0.5) is 0 Å². The summed E-state index contributed by atoms with van der Waals surface area (Å²) in [6, 6.07) is -0.314. The number of aliphatic carboxylic acids is 1. The predicted molar refractivity (Wildman–Crippen MR) is 79.5 cm³/mol. The Morgan fingerprint density at radius 2 is 2.09 bits per heavy atom. The zero-order valence-corrected chi connectivity index (χ0v) is 13.1. The lowest BCUT2D eigenvalue weighted by Gasteiger charge is -2.25. The number of carboxylic acids is 1. The van der Waals surface area contributed by atoms with Gasteiger partial charge in [0, 0.05) is 26.1 Å². The highest BCUT2D eigenvalue weighted by Crippen LogP contribution is 2.20. The Balaban J connectivity index is 1.77. The largest absolute Gasteiger partial charge is 0.480 e. The quantitative estimate of drug-likeness (QED) is 0.713. The summed E-state index contributed by atoms with van der Waals surface area (Å²) in [6.07, 6.45) is 3.90. The van der Waals surface area contributed by atoms with Gasteiger partial charge in [-0.05, 0) is 32.7 Å². The molecule has 0 saturated carbocycles. The number of likely N-dealkylation sites (tertiary alicyclic amines) is 1. The highest BCUT2D eigenvalue weighted by Gasteiger charge is 2.36. The van der Waals surface area contributed by atoms with E-state index in [1.807, 2.05) is 0 Å². The number of ether oxygens (including phenoxy) is 1. The molecule has 2 rings (SSSR count). The monoisotopic (exact) mass is 314 g/mol. The van der Waals surface area contributed by atoms with Crippen molar-refractivity contribution in [1.82, 2.24) is 9.80 Å². The van der Waals surface area contributed by atoms with Crippen molar-refractivity contribution >= 4 is 11.9 Å². The molecule has 7 heteroatoms. The summed E-state index contributed by atoms with van der Waals surface area (Å²) in [5, 5.41) is 18.9. The number of hydrogen-bond donors (Lipinski definition) is 2. The van der Waals surface area contributed by atoms with Gasteiger partial charge in [-0.15, -0.1) is 0 Å². The Hall–Kier alpha value is -1.18. The molecule has 22 heavy (non-hydrogen) atoms. The SMILES string of the molecule is CN(CC(=O)O)[C@H]1CN(C(=O)CC[C@H]2CCCCO2)C[C@H]1O. The van der Waals surface area contributed by atoms with Crippen LogP contribution in [0.1, 0.15) is 32.1 Å². The molecule has 2 heterocycles.